The van der Waals surface area contributed by atoms with Crippen LogP contribution in [0.5, 0.6) is 17.2 Å². The zero-order valence-corrected chi connectivity index (χ0v) is 20.7. The van der Waals surface area contributed by atoms with Crippen molar-refractivity contribution in [1.82, 2.24) is 15.5 Å². The van der Waals surface area contributed by atoms with Gasteiger partial charge in [-0.15, -0.1) is 0 Å². The summed E-state index contributed by atoms with van der Waals surface area (Å²) in [5.41, 5.74) is 2.55. The number of benzene rings is 2. The van der Waals surface area contributed by atoms with E-state index in [9.17, 15) is 14.7 Å². The van der Waals surface area contributed by atoms with Gasteiger partial charge in [0.1, 0.15) is 5.75 Å². The molecule has 36 heavy (non-hydrogen) atoms. The number of phenols is 1. The van der Waals surface area contributed by atoms with E-state index in [0.29, 0.717) is 30.0 Å². The molecule has 0 radical (unpaired) electrons. The van der Waals surface area contributed by atoms with Gasteiger partial charge >= 0.3 is 12.0 Å². The van der Waals surface area contributed by atoms with Crippen LogP contribution in [0.15, 0.2) is 53.7 Å². The predicted molar refractivity (Wildman–Crippen MR) is 134 cm³/mol. The van der Waals surface area contributed by atoms with Gasteiger partial charge in [-0.05, 0) is 48.9 Å². The van der Waals surface area contributed by atoms with Gasteiger partial charge in [-0.3, -0.25) is 4.90 Å². The number of carbonyl (C=O) groups is 2. The molecule has 192 valence electrons. The number of methoxy groups -OCH3 is 2. The lowest BCUT2D eigenvalue weighted by Crippen LogP contribution is -2.51. The summed E-state index contributed by atoms with van der Waals surface area (Å²) in [6.07, 6.45) is 0. The molecule has 0 spiro atoms. The predicted octanol–water partition coefficient (Wildman–Crippen LogP) is 2.40. The molecule has 4 rings (SSSR count). The molecular weight excluding hydrogens is 464 g/mol. The molecule has 10 heteroatoms. The molecule has 1 fully saturated rings. The first-order valence-electron chi connectivity index (χ1n) is 11.9. The Morgan fingerprint density at radius 2 is 1.81 bits per heavy atom. The number of hydrogen-bond donors (Lipinski definition) is 3. The molecule has 0 unspecified atom stereocenters. The zero-order valence-electron chi connectivity index (χ0n) is 20.7. The molecule has 2 aliphatic rings. The Labute approximate surface area is 210 Å². The standard InChI is InChI=1S/C26H32N4O6/c1-4-36-22-15-17(5-10-21(22)31)24-23(25(32)35-3)20(27-26(33)28-24)16-29-11-13-30(14-12-29)18-6-8-19(34-2)9-7-18/h5-10,15,24,31H,4,11-14,16H2,1-3H3,(H2,27,28,33)/t24-/m0/s1. The largest absolute Gasteiger partial charge is 0.504 e. The van der Waals surface area contributed by atoms with Crippen molar-refractivity contribution in [2.45, 2.75) is 13.0 Å². The van der Waals surface area contributed by atoms with Crippen LogP contribution in [0.2, 0.25) is 0 Å². The Hall–Kier alpha value is -3.92. The van der Waals surface area contributed by atoms with E-state index in [4.69, 9.17) is 14.2 Å². The summed E-state index contributed by atoms with van der Waals surface area (Å²) in [6.45, 7) is 5.68. The van der Waals surface area contributed by atoms with Crippen LogP contribution in [-0.2, 0) is 9.53 Å². The number of amides is 2. The quantitative estimate of drug-likeness (QED) is 0.478. The van der Waals surface area contributed by atoms with Crippen molar-refractivity contribution in [3.05, 3.63) is 59.3 Å². The van der Waals surface area contributed by atoms with Crippen LogP contribution < -0.4 is 25.0 Å². The van der Waals surface area contributed by atoms with Crippen molar-refractivity contribution < 1.29 is 28.9 Å². The molecule has 10 nitrogen and oxygen atoms in total. The monoisotopic (exact) mass is 496 g/mol. The number of ether oxygens (including phenoxy) is 3. The maximum Gasteiger partial charge on any atom is 0.338 e. The fourth-order valence-electron chi connectivity index (χ4n) is 4.51. The van der Waals surface area contributed by atoms with E-state index < -0.39 is 18.0 Å². The van der Waals surface area contributed by atoms with Gasteiger partial charge in [0.05, 0.1) is 32.4 Å². The Morgan fingerprint density at radius 1 is 1.08 bits per heavy atom. The molecule has 2 aromatic carbocycles. The molecule has 1 atom stereocenters. The summed E-state index contributed by atoms with van der Waals surface area (Å²) >= 11 is 0. The van der Waals surface area contributed by atoms with Gasteiger partial charge in [0.25, 0.3) is 0 Å². The maximum absolute atomic E-state index is 12.9. The van der Waals surface area contributed by atoms with Gasteiger partial charge in [-0.25, -0.2) is 9.59 Å². The Balaban J connectivity index is 1.54. The van der Waals surface area contributed by atoms with Gasteiger partial charge in [0.2, 0.25) is 0 Å². The molecule has 0 aliphatic carbocycles. The number of nitrogens with zero attached hydrogens (tertiary/aromatic N) is 2. The number of nitrogens with one attached hydrogen (secondary N) is 2. The average Bonchev–Trinajstić information content (AvgIpc) is 2.90. The fourth-order valence-corrected chi connectivity index (χ4v) is 4.51. The van der Waals surface area contributed by atoms with Crippen LogP contribution in [-0.4, -0.2) is 75.6 Å². The number of hydrogen-bond acceptors (Lipinski definition) is 8. The van der Waals surface area contributed by atoms with Crippen LogP contribution in [0.3, 0.4) is 0 Å². The van der Waals surface area contributed by atoms with Crippen LogP contribution in [0, 0.1) is 0 Å². The molecule has 0 aromatic heterocycles. The molecule has 2 amide bonds. The van der Waals surface area contributed by atoms with E-state index in [-0.39, 0.29) is 11.5 Å². The SMILES string of the molecule is CCOc1cc([C@@H]2NC(=O)NC(CN3CCN(c4ccc(OC)cc4)CC3)=C2C(=O)OC)ccc1O. The van der Waals surface area contributed by atoms with Crippen molar-refractivity contribution in [3.8, 4) is 17.2 Å². The number of phenolic OH excluding ortho intramolecular Hbond substituents is 1. The second kappa shape index (κ2) is 11.2. The zero-order chi connectivity index (χ0) is 25.7. The first-order chi connectivity index (χ1) is 17.4. The van der Waals surface area contributed by atoms with E-state index in [1.165, 1.54) is 13.2 Å². The third-order valence-electron chi connectivity index (χ3n) is 6.37. The molecule has 0 saturated carbocycles. The summed E-state index contributed by atoms with van der Waals surface area (Å²) in [5, 5.41) is 15.7. The summed E-state index contributed by atoms with van der Waals surface area (Å²) < 4.78 is 15.8. The first kappa shape index (κ1) is 25.2. The lowest BCUT2D eigenvalue weighted by atomic mass is 9.94. The Bertz CT molecular complexity index is 1130. The van der Waals surface area contributed by atoms with Crippen molar-refractivity contribution in [1.29, 1.82) is 0 Å². The number of aromatic hydroxyl groups is 1. The fraction of sp³-hybridized carbons (Fsp3) is 0.385. The van der Waals surface area contributed by atoms with Crippen molar-refractivity contribution in [2.24, 2.45) is 0 Å². The highest BCUT2D eigenvalue weighted by Crippen LogP contribution is 2.34. The van der Waals surface area contributed by atoms with Crippen molar-refractivity contribution in [2.75, 3.05) is 58.5 Å². The molecule has 2 aromatic rings. The number of esters is 1. The van der Waals surface area contributed by atoms with Crippen LogP contribution in [0.1, 0.15) is 18.5 Å². The Kier molecular flexibility index (Phi) is 7.84. The highest BCUT2D eigenvalue weighted by molar-refractivity contribution is 5.95. The molecular formula is C26H32N4O6. The summed E-state index contributed by atoms with van der Waals surface area (Å²) in [6, 6.07) is 11.6. The normalized spacial score (nSPS) is 18.4. The van der Waals surface area contributed by atoms with E-state index in [0.717, 1.165) is 37.6 Å². The maximum atomic E-state index is 12.9. The molecule has 1 saturated heterocycles. The van der Waals surface area contributed by atoms with Crippen LogP contribution in [0.25, 0.3) is 0 Å². The third-order valence-corrected chi connectivity index (χ3v) is 6.37. The topological polar surface area (TPSA) is 113 Å². The highest BCUT2D eigenvalue weighted by atomic mass is 16.5. The summed E-state index contributed by atoms with van der Waals surface area (Å²) in [5.74, 6) is 0.547. The third kappa shape index (κ3) is 5.49. The van der Waals surface area contributed by atoms with Gasteiger partial charge in [0.15, 0.2) is 11.5 Å². The van der Waals surface area contributed by atoms with E-state index in [2.05, 4.69) is 20.4 Å². The van der Waals surface area contributed by atoms with Crippen LogP contribution >= 0.6 is 0 Å². The smallest absolute Gasteiger partial charge is 0.338 e. The molecule has 2 heterocycles. The van der Waals surface area contributed by atoms with Gasteiger partial charge in [0, 0.05) is 44.1 Å². The molecule has 3 N–H and O–H groups in total. The second-order valence-corrected chi connectivity index (χ2v) is 8.54. The van der Waals surface area contributed by atoms with Gasteiger partial charge < -0.3 is 34.9 Å². The lowest BCUT2D eigenvalue weighted by molar-refractivity contribution is -0.136. The number of urea groups is 1. The van der Waals surface area contributed by atoms with Gasteiger partial charge in [-0.1, -0.05) is 6.07 Å². The number of carbonyl (C=O) groups excluding carboxylic acids is 2. The second-order valence-electron chi connectivity index (χ2n) is 8.54. The highest BCUT2D eigenvalue weighted by Gasteiger charge is 2.35. The van der Waals surface area contributed by atoms with Crippen molar-refractivity contribution >= 4 is 17.7 Å². The first-order valence-corrected chi connectivity index (χ1v) is 11.9. The minimum absolute atomic E-state index is 0.0144. The number of rotatable bonds is 8. The van der Waals surface area contributed by atoms with E-state index >= 15 is 0 Å². The molecule has 0 bridgehead atoms. The minimum atomic E-state index is -0.749. The number of piperazine rings is 1. The summed E-state index contributed by atoms with van der Waals surface area (Å²) in [4.78, 5) is 30.0. The summed E-state index contributed by atoms with van der Waals surface area (Å²) in [7, 11) is 2.96. The minimum Gasteiger partial charge on any atom is -0.504 e. The lowest BCUT2D eigenvalue weighted by Gasteiger charge is -2.38. The number of anilines is 1. The molecule has 2 aliphatic heterocycles. The van der Waals surface area contributed by atoms with E-state index in [1.807, 2.05) is 31.2 Å². The van der Waals surface area contributed by atoms with E-state index in [1.54, 1.807) is 19.2 Å². The van der Waals surface area contributed by atoms with Gasteiger partial charge in [-0.2, -0.15) is 0 Å². The average molecular weight is 497 g/mol. The Morgan fingerprint density at radius 3 is 2.44 bits per heavy atom. The van der Waals surface area contributed by atoms with Crippen LogP contribution in [0.4, 0.5) is 10.5 Å². The van der Waals surface area contributed by atoms with Crippen molar-refractivity contribution in [3.63, 3.8) is 0 Å².